The fraction of sp³-hybridized carbons (Fsp3) is 0.214. The van der Waals surface area contributed by atoms with E-state index in [1.54, 1.807) is 29.2 Å². The smallest absolute Gasteiger partial charge is 0.251 e. The Morgan fingerprint density at radius 1 is 0.879 bits per heavy atom. The van der Waals surface area contributed by atoms with Crippen LogP contribution in [0.5, 0.6) is 0 Å². The highest BCUT2D eigenvalue weighted by molar-refractivity contribution is 6.30. The molecule has 1 N–H and O–H groups in total. The molecule has 3 aromatic carbocycles. The van der Waals surface area contributed by atoms with Gasteiger partial charge in [0, 0.05) is 35.3 Å². The van der Waals surface area contributed by atoms with Crippen molar-refractivity contribution in [2.24, 2.45) is 0 Å². The molecule has 0 heterocycles. The van der Waals surface area contributed by atoms with E-state index in [0.29, 0.717) is 23.7 Å². The number of hydrogen-bond donors (Lipinski definition) is 1. The van der Waals surface area contributed by atoms with Crippen molar-refractivity contribution >= 4 is 29.5 Å². The van der Waals surface area contributed by atoms with Crippen LogP contribution in [-0.2, 0) is 17.9 Å². The molecule has 0 spiro atoms. The van der Waals surface area contributed by atoms with E-state index < -0.39 is 0 Å². The molecule has 0 aliphatic rings. The second kappa shape index (κ2) is 11.0. The summed E-state index contributed by atoms with van der Waals surface area (Å²) in [7, 11) is 0. The molecule has 3 aromatic rings. The SMILES string of the molecule is CC(C)(C)NC(=O)c1ccc(/C=C/C(=O)N(Cc2ccccc2)Cc2cccc(Cl)c2)cc1. The molecular weight excluding hydrogens is 432 g/mol. The van der Waals surface area contributed by atoms with Crippen molar-refractivity contribution in [1.82, 2.24) is 10.2 Å². The zero-order chi connectivity index (χ0) is 23.8. The van der Waals surface area contributed by atoms with Gasteiger partial charge >= 0.3 is 0 Å². The molecular formula is C28H29ClN2O2. The summed E-state index contributed by atoms with van der Waals surface area (Å²) in [5, 5.41) is 3.59. The largest absolute Gasteiger partial charge is 0.347 e. The van der Waals surface area contributed by atoms with Crippen molar-refractivity contribution in [3.8, 4) is 0 Å². The number of nitrogens with one attached hydrogen (secondary N) is 1. The number of carbonyl (C=O) groups excluding carboxylic acids is 2. The maximum atomic E-state index is 13.1. The Morgan fingerprint density at radius 2 is 1.52 bits per heavy atom. The van der Waals surface area contributed by atoms with Crippen LogP contribution in [0, 0.1) is 0 Å². The first-order valence-electron chi connectivity index (χ1n) is 10.9. The van der Waals surface area contributed by atoms with Gasteiger partial charge in [-0.05, 0) is 67.8 Å². The van der Waals surface area contributed by atoms with E-state index in [2.05, 4.69) is 5.32 Å². The summed E-state index contributed by atoms with van der Waals surface area (Å²) in [6, 6.07) is 24.6. The molecule has 5 heteroatoms. The van der Waals surface area contributed by atoms with E-state index in [1.165, 1.54) is 0 Å². The van der Waals surface area contributed by atoms with Gasteiger partial charge in [0.05, 0.1) is 0 Å². The summed E-state index contributed by atoms with van der Waals surface area (Å²) in [5.74, 6) is -0.224. The predicted molar refractivity (Wildman–Crippen MR) is 135 cm³/mol. The van der Waals surface area contributed by atoms with Gasteiger partial charge in [-0.3, -0.25) is 9.59 Å². The third kappa shape index (κ3) is 7.92. The number of halogens is 1. The number of nitrogens with zero attached hydrogens (tertiary/aromatic N) is 1. The van der Waals surface area contributed by atoms with Crippen LogP contribution < -0.4 is 5.32 Å². The third-order valence-electron chi connectivity index (χ3n) is 4.87. The van der Waals surface area contributed by atoms with Gasteiger partial charge in [-0.2, -0.15) is 0 Å². The fourth-order valence-electron chi connectivity index (χ4n) is 3.30. The van der Waals surface area contributed by atoms with E-state index in [1.807, 2.05) is 87.5 Å². The molecule has 0 fully saturated rings. The lowest BCUT2D eigenvalue weighted by Crippen LogP contribution is -2.40. The Hall–Kier alpha value is -3.37. The van der Waals surface area contributed by atoms with E-state index in [0.717, 1.165) is 16.7 Å². The number of carbonyl (C=O) groups is 2. The number of benzene rings is 3. The predicted octanol–water partition coefficient (Wildman–Crippen LogP) is 6.11. The van der Waals surface area contributed by atoms with Crippen LogP contribution in [-0.4, -0.2) is 22.3 Å². The Balaban J connectivity index is 1.73. The normalized spacial score (nSPS) is 11.4. The molecule has 0 atom stereocenters. The van der Waals surface area contributed by atoms with E-state index >= 15 is 0 Å². The average molecular weight is 461 g/mol. The molecule has 0 unspecified atom stereocenters. The second-order valence-corrected chi connectivity index (χ2v) is 9.41. The van der Waals surface area contributed by atoms with E-state index in [9.17, 15) is 9.59 Å². The molecule has 170 valence electrons. The van der Waals surface area contributed by atoms with Gasteiger partial charge in [0.2, 0.25) is 5.91 Å². The van der Waals surface area contributed by atoms with Crippen LogP contribution in [0.25, 0.3) is 6.08 Å². The van der Waals surface area contributed by atoms with Gasteiger partial charge in [-0.25, -0.2) is 0 Å². The minimum Gasteiger partial charge on any atom is -0.347 e. The fourth-order valence-corrected chi connectivity index (χ4v) is 3.52. The number of rotatable bonds is 7. The van der Waals surface area contributed by atoms with Crippen molar-refractivity contribution in [2.45, 2.75) is 39.4 Å². The highest BCUT2D eigenvalue weighted by Gasteiger charge is 2.15. The summed E-state index contributed by atoms with van der Waals surface area (Å²) in [6.45, 7) is 6.77. The zero-order valence-corrected chi connectivity index (χ0v) is 20.0. The van der Waals surface area contributed by atoms with Gasteiger partial charge in [0.1, 0.15) is 0 Å². The van der Waals surface area contributed by atoms with Gasteiger partial charge in [-0.1, -0.05) is 66.2 Å². The van der Waals surface area contributed by atoms with Crippen LogP contribution in [0.15, 0.2) is 84.9 Å². The topological polar surface area (TPSA) is 49.4 Å². The quantitative estimate of drug-likeness (QED) is 0.432. The molecule has 0 radical (unpaired) electrons. The number of hydrogen-bond acceptors (Lipinski definition) is 2. The Labute approximate surface area is 200 Å². The zero-order valence-electron chi connectivity index (χ0n) is 19.2. The molecule has 4 nitrogen and oxygen atoms in total. The Kier molecular flexibility index (Phi) is 8.07. The van der Waals surface area contributed by atoms with Crippen LogP contribution in [0.1, 0.15) is 47.8 Å². The Morgan fingerprint density at radius 3 is 2.15 bits per heavy atom. The first-order chi connectivity index (χ1) is 15.7. The van der Waals surface area contributed by atoms with E-state index in [4.69, 9.17) is 11.6 Å². The first-order valence-corrected chi connectivity index (χ1v) is 11.3. The van der Waals surface area contributed by atoms with Gasteiger partial charge in [0.25, 0.3) is 5.91 Å². The highest BCUT2D eigenvalue weighted by Crippen LogP contribution is 2.16. The molecule has 0 bridgehead atoms. The molecule has 0 saturated heterocycles. The Bertz CT molecular complexity index is 1120. The summed E-state index contributed by atoms with van der Waals surface area (Å²) < 4.78 is 0. The number of amides is 2. The molecule has 3 rings (SSSR count). The summed E-state index contributed by atoms with van der Waals surface area (Å²) >= 11 is 6.13. The third-order valence-corrected chi connectivity index (χ3v) is 5.11. The van der Waals surface area contributed by atoms with E-state index in [-0.39, 0.29) is 17.4 Å². The summed E-state index contributed by atoms with van der Waals surface area (Å²) in [5.41, 5.74) is 3.15. The minimum atomic E-state index is -0.298. The molecule has 0 saturated carbocycles. The standard InChI is InChI=1S/C28H29ClN2O2/c1-28(2,3)30-27(33)24-15-12-21(13-16-24)14-17-26(32)31(19-22-8-5-4-6-9-22)20-23-10-7-11-25(29)18-23/h4-18H,19-20H2,1-3H3,(H,30,33)/b17-14+. The van der Waals surface area contributed by atoms with Crippen molar-refractivity contribution < 1.29 is 9.59 Å². The van der Waals surface area contributed by atoms with Gasteiger partial charge in [0.15, 0.2) is 0 Å². The maximum absolute atomic E-state index is 13.1. The molecule has 0 aliphatic heterocycles. The maximum Gasteiger partial charge on any atom is 0.251 e. The molecule has 0 aromatic heterocycles. The average Bonchev–Trinajstić information content (AvgIpc) is 2.77. The van der Waals surface area contributed by atoms with Crippen molar-refractivity contribution in [1.29, 1.82) is 0 Å². The van der Waals surface area contributed by atoms with Crippen molar-refractivity contribution in [3.63, 3.8) is 0 Å². The van der Waals surface area contributed by atoms with Crippen molar-refractivity contribution in [3.05, 3.63) is 112 Å². The van der Waals surface area contributed by atoms with Gasteiger partial charge in [-0.15, -0.1) is 0 Å². The lowest BCUT2D eigenvalue weighted by atomic mass is 10.1. The molecule has 33 heavy (non-hydrogen) atoms. The lowest BCUT2D eigenvalue weighted by molar-refractivity contribution is -0.127. The van der Waals surface area contributed by atoms with Crippen LogP contribution in [0.3, 0.4) is 0 Å². The van der Waals surface area contributed by atoms with Crippen LogP contribution in [0.2, 0.25) is 5.02 Å². The van der Waals surface area contributed by atoms with Crippen LogP contribution >= 0.6 is 11.6 Å². The second-order valence-electron chi connectivity index (χ2n) is 8.97. The van der Waals surface area contributed by atoms with Crippen LogP contribution in [0.4, 0.5) is 0 Å². The lowest BCUT2D eigenvalue weighted by Gasteiger charge is -2.22. The monoisotopic (exact) mass is 460 g/mol. The summed E-state index contributed by atoms with van der Waals surface area (Å²) in [4.78, 5) is 27.2. The molecule has 2 amide bonds. The highest BCUT2D eigenvalue weighted by atomic mass is 35.5. The minimum absolute atomic E-state index is 0.103. The molecule has 0 aliphatic carbocycles. The first kappa shape index (κ1) is 24.3. The summed E-state index contributed by atoms with van der Waals surface area (Å²) in [6.07, 6.45) is 3.33. The van der Waals surface area contributed by atoms with Gasteiger partial charge < -0.3 is 10.2 Å². The van der Waals surface area contributed by atoms with Crippen molar-refractivity contribution in [2.75, 3.05) is 0 Å².